The van der Waals surface area contributed by atoms with E-state index in [9.17, 15) is 9.18 Å². The third-order valence-electron chi connectivity index (χ3n) is 2.54. The zero-order valence-corrected chi connectivity index (χ0v) is 11.9. The first-order valence-electron chi connectivity index (χ1n) is 5.61. The van der Waals surface area contributed by atoms with E-state index in [1.807, 2.05) is 0 Å². The van der Waals surface area contributed by atoms with Gasteiger partial charge in [-0.1, -0.05) is 23.2 Å². The van der Waals surface area contributed by atoms with Crippen LogP contribution in [0.4, 0.5) is 15.8 Å². The van der Waals surface area contributed by atoms with Crippen LogP contribution in [-0.4, -0.2) is 17.9 Å². The van der Waals surface area contributed by atoms with Crippen LogP contribution in [0.2, 0.25) is 10.2 Å². The Hall–Kier alpha value is -1.85. The van der Waals surface area contributed by atoms with Crippen LogP contribution < -0.4 is 10.6 Å². The van der Waals surface area contributed by atoms with E-state index >= 15 is 0 Å². The molecular weight excluding hydrogens is 304 g/mol. The molecule has 20 heavy (non-hydrogen) atoms. The molecule has 0 saturated heterocycles. The molecule has 0 bridgehead atoms. The van der Waals surface area contributed by atoms with E-state index in [0.29, 0.717) is 10.7 Å². The minimum Gasteiger partial charge on any atom is -0.355 e. The molecule has 4 nitrogen and oxygen atoms in total. The normalized spacial score (nSPS) is 10.2. The standard InChI is InChI=1S/C13H10Cl2FN3O/c1-17-13(20)8-3-2-7(16)4-10(8)19-11-5-12(15)18-6-9(11)14/h2-6H,1H3,(H,17,20)(H,18,19). The number of anilines is 2. The lowest BCUT2D eigenvalue weighted by atomic mass is 10.1. The maximum atomic E-state index is 13.4. The van der Waals surface area contributed by atoms with Gasteiger partial charge >= 0.3 is 0 Å². The molecule has 104 valence electrons. The van der Waals surface area contributed by atoms with Crippen LogP contribution in [0.3, 0.4) is 0 Å². The summed E-state index contributed by atoms with van der Waals surface area (Å²) in [5, 5.41) is 5.90. The fraction of sp³-hybridized carbons (Fsp3) is 0.0769. The number of carbonyl (C=O) groups is 1. The fourth-order valence-corrected chi connectivity index (χ4v) is 1.92. The number of carbonyl (C=O) groups excluding carboxylic acids is 1. The molecule has 2 aromatic rings. The van der Waals surface area contributed by atoms with E-state index in [1.54, 1.807) is 0 Å². The van der Waals surface area contributed by atoms with Gasteiger partial charge in [-0.25, -0.2) is 9.37 Å². The second-order valence-corrected chi connectivity index (χ2v) is 4.68. The second-order valence-electron chi connectivity index (χ2n) is 3.88. The number of hydrogen-bond acceptors (Lipinski definition) is 3. The molecule has 0 aliphatic carbocycles. The Bertz CT molecular complexity index is 664. The van der Waals surface area contributed by atoms with Gasteiger partial charge in [-0.2, -0.15) is 0 Å². The Morgan fingerprint density at radius 3 is 2.70 bits per heavy atom. The van der Waals surface area contributed by atoms with Crippen LogP contribution in [0, 0.1) is 5.82 Å². The minimum absolute atomic E-state index is 0.231. The van der Waals surface area contributed by atoms with E-state index in [-0.39, 0.29) is 22.3 Å². The summed E-state index contributed by atoms with van der Waals surface area (Å²) in [6.07, 6.45) is 1.37. The van der Waals surface area contributed by atoms with Crippen LogP contribution in [0.15, 0.2) is 30.5 Å². The van der Waals surface area contributed by atoms with Gasteiger partial charge in [-0.05, 0) is 18.2 Å². The van der Waals surface area contributed by atoms with Gasteiger partial charge in [0.2, 0.25) is 0 Å². The molecule has 0 atom stereocenters. The van der Waals surface area contributed by atoms with E-state index in [1.165, 1.54) is 37.5 Å². The lowest BCUT2D eigenvalue weighted by molar-refractivity contribution is 0.0964. The molecule has 1 heterocycles. The number of halogens is 3. The van der Waals surface area contributed by atoms with Gasteiger partial charge in [-0.15, -0.1) is 0 Å². The van der Waals surface area contributed by atoms with Crippen molar-refractivity contribution in [1.82, 2.24) is 10.3 Å². The number of nitrogens with zero attached hydrogens (tertiary/aromatic N) is 1. The van der Waals surface area contributed by atoms with Crippen LogP contribution in [0.25, 0.3) is 0 Å². The minimum atomic E-state index is -0.476. The highest BCUT2D eigenvalue weighted by atomic mass is 35.5. The van der Waals surface area contributed by atoms with Crippen LogP contribution in [0.5, 0.6) is 0 Å². The van der Waals surface area contributed by atoms with Crippen molar-refractivity contribution in [3.05, 3.63) is 52.0 Å². The molecule has 0 unspecified atom stereocenters. The molecule has 0 saturated carbocycles. The van der Waals surface area contributed by atoms with Crippen molar-refractivity contribution in [2.45, 2.75) is 0 Å². The van der Waals surface area contributed by atoms with Gasteiger partial charge in [0, 0.05) is 19.3 Å². The number of hydrogen-bond donors (Lipinski definition) is 2. The SMILES string of the molecule is CNC(=O)c1ccc(F)cc1Nc1cc(Cl)ncc1Cl. The summed E-state index contributed by atoms with van der Waals surface area (Å²) in [4.78, 5) is 15.6. The van der Waals surface area contributed by atoms with Gasteiger partial charge in [0.15, 0.2) is 0 Å². The van der Waals surface area contributed by atoms with E-state index in [0.717, 1.165) is 0 Å². The predicted octanol–water partition coefficient (Wildman–Crippen LogP) is 3.63. The number of rotatable bonds is 3. The Labute approximate surface area is 124 Å². The van der Waals surface area contributed by atoms with E-state index in [4.69, 9.17) is 23.2 Å². The summed E-state index contributed by atoms with van der Waals surface area (Å²) in [5.74, 6) is -0.819. The number of nitrogens with one attached hydrogen (secondary N) is 2. The number of pyridine rings is 1. The molecule has 2 rings (SSSR count). The highest BCUT2D eigenvalue weighted by Gasteiger charge is 2.12. The molecule has 0 radical (unpaired) electrons. The number of benzene rings is 1. The Morgan fingerprint density at radius 2 is 2.00 bits per heavy atom. The first-order valence-corrected chi connectivity index (χ1v) is 6.36. The lowest BCUT2D eigenvalue weighted by Crippen LogP contribution is -2.19. The molecular formula is C13H10Cl2FN3O. The van der Waals surface area contributed by atoms with Crippen LogP contribution in [-0.2, 0) is 0 Å². The van der Waals surface area contributed by atoms with Gasteiger partial charge in [0.1, 0.15) is 11.0 Å². The average molecular weight is 314 g/mol. The second kappa shape index (κ2) is 6.07. The first-order chi connectivity index (χ1) is 9.51. The zero-order chi connectivity index (χ0) is 14.7. The summed E-state index contributed by atoms with van der Waals surface area (Å²) >= 11 is 11.8. The monoisotopic (exact) mass is 313 g/mol. The predicted molar refractivity (Wildman–Crippen MR) is 77.3 cm³/mol. The third kappa shape index (κ3) is 3.18. The summed E-state index contributed by atoms with van der Waals surface area (Å²) in [7, 11) is 1.49. The van der Waals surface area contributed by atoms with Gasteiger partial charge < -0.3 is 10.6 Å². The molecule has 0 aliphatic heterocycles. The van der Waals surface area contributed by atoms with Crippen molar-refractivity contribution in [2.24, 2.45) is 0 Å². The Kier molecular flexibility index (Phi) is 4.42. The van der Waals surface area contributed by atoms with Crippen molar-refractivity contribution in [3.63, 3.8) is 0 Å². The van der Waals surface area contributed by atoms with Crippen molar-refractivity contribution >= 4 is 40.5 Å². The average Bonchev–Trinajstić information content (AvgIpc) is 2.42. The number of aromatic nitrogens is 1. The molecule has 7 heteroatoms. The van der Waals surface area contributed by atoms with Gasteiger partial charge in [0.05, 0.1) is 22.0 Å². The highest BCUT2D eigenvalue weighted by Crippen LogP contribution is 2.29. The van der Waals surface area contributed by atoms with Crippen LogP contribution in [0.1, 0.15) is 10.4 Å². The van der Waals surface area contributed by atoms with Crippen molar-refractivity contribution in [2.75, 3.05) is 12.4 Å². The molecule has 0 spiro atoms. The van der Waals surface area contributed by atoms with Crippen LogP contribution >= 0.6 is 23.2 Å². The molecule has 2 N–H and O–H groups in total. The number of amides is 1. The molecule has 0 aliphatic rings. The first kappa shape index (κ1) is 14.6. The Balaban J connectivity index is 2.44. The summed E-state index contributed by atoms with van der Waals surface area (Å²) in [6.45, 7) is 0. The molecule has 1 amide bonds. The summed E-state index contributed by atoms with van der Waals surface area (Å²) in [6, 6.07) is 5.28. The fourth-order valence-electron chi connectivity index (χ4n) is 1.61. The molecule has 0 fully saturated rings. The maximum absolute atomic E-state index is 13.4. The molecule has 1 aromatic heterocycles. The summed E-state index contributed by atoms with van der Waals surface area (Å²) < 4.78 is 13.4. The lowest BCUT2D eigenvalue weighted by Gasteiger charge is -2.12. The zero-order valence-electron chi connectivity index (χ0n) is 10.4. The van der Waals surface area contributed by atoms with Crippen molar-refractivity contribution in [1.29, 1.82) is 0 Å². The quantitative estimate of drug-likeness (QED) is 0.851. The van der Waals surface area contributed by atoms with Gasteiger partial charge in [-0.3, -0.25) is 4.79 Å². The van der Waals surface area contributed by atoms with E-state index in [2.05, 4.69) is 15.6 Å². The largest absolute Gasteiger partial charge is 0.355 e. The topological polar surface area (TPSA) is 54.0 Å². The summed E-state index contributed by atoms with van der Waals surface area (Å²) in [5.41, 5.74) is 1.01. The van der Waals surface area contributed by atoms with Crippen molar-refractivity contribution in [3.8, 4) is 0 Å². The smallest absolute Gasteiger partial charge is 0.253 e. The Morgan fingerprint density at radius 1 is 1.25 bits per heavy atom. The molecule has 1 aromatic carbocycles. The van der Waals surface area contributed by atoms with Gasteiger partial charge in [0.25, 0.3) is 5.91 Å². The maximum Gasteiger partial charge on any atom is 0.253 e. The van der Waals surface area contributed by atoms with E-state index < -0.39 is 5.82 Å². The van der Waals surface area contributed by atoms with Crippen molar-refractivity contribution < 1.29 is 9.18 Å². The third-order valence-corrected chi connectivity index (χ3v) is 3.05. The highest BCUT2D eigenvalue weighted by molar-refractivity contribution is 6.34.